The van der Waals surface area contributed by atoms with Crippen molar-refractivity contribution in [3.63, 3.8) is 0 Å². The highest BCUT2D eigenvalue weighted by Crippen LogP contribution is 2.30. The van der Waals surface area contributed by atoms with Gasteiger partial charge in [-0.25, -0.2) is 0 Å². The van der Waals surface area contributed by atoms with E-state index in [9.17, 15) is 9.59 Å². The van der Waals surface area contributed by atoms with Gasteiger partial charge in [0.2, 0.25) is 11.7 Å². The van der Waals surface area contributed by atoms with Crippen LogP contribution in [0.1, 0.15) is 12.3 Å². The van der Waals surface area contributed by atoms with Gasteiger partial charge in [-0.3, -0.25) is 14.5 Å². The minimum atomic E-state index is -0.573. The maximum absolute atomic E-state index is 12.3. The molecule has 0 N–H and O–H groups in total. The lowest BCUT2D eigenvalue weighted by atomic mass is 10.2. The molecule has 1 amide bonds. The van der Waals surface area contributed by atoms with Crippen molar-refractivity contribution < 1.29 is 23.6 Å². The lowest BCUT2D eigenvalue weighted by Crippen LogP contribution is -2.36. The van der Waals surface area contributed by atoms with Crippen molar-refractivity contribution >= 4 is 28.9 Å². The second-order valence-electron chi connectivity index (χ2n) is 5.70. The number of thiophene rings is 1. The summed E-state index contributed by atoms with van der Waals surface area (Å²) in [5.41, 5.74) is 0.551. The lowest BCUT2D eigenvalue weighted by molar-refractivity contribution is -0.144. The van der Waals surface area contributed by atoms with Crippen LogP contribution < -0.4 is 9.64 Å². The van der Waals surface area contributed by atoms with Crippen molar-refractivity contribution in [2.75, 3.05) is 18.1 Å². The topological polar surface area (TPSA) is 94.8 Å². The van der Waals surface area contributed by atoms with Gasteiger partial charge in [-0.15, -0.1) is 11.3 Å². The SMILES string of the molecule is O=C(CN1C(=O)CCOc2ccccc21)OCc1nc(-c2cccs2)no1. The summed E-state index contributed by atoms with van der Waals surface area (Å²) in [5.74, 6) is 0.432. The first-order valence-electron chi connectivity index (χ1n) is 8.25. The number of nitrogens with zero attached hydrogens (tertiary/aromatic N) is 3. The van der Waals surface area contributed by atoms with Crippen molar-refractivity contribution in [3.8, 4) is 16.5 Å². The molecule has 3 heterocycles. The number of anilines is 1. The van der Waals surface area contributed by atoms with Gasteiger partial charge in [0.1, 0.15) is 12.3 Å². The zero-order valence-electron chi connectivity index (χ0n) is 14.2. The fourth-order valence-electron chi connectivity index (χ4n) is 2.63. The van der Waals surface area contributed by atoms with Crippen LogP contribution in [-0.2, 0) is 20.9 Å². The van der Waals surface area contributed by atoms with Crippen LogP contribution in [-0.4, -0.2) is 35.2 Å². The van der Waals surface area contributed by atoms with Crippen molar-refractivity contribution in [3.05, 3.63) is 47.7 Å². The molecule has 9 heteroatoms. The van der Waals surface area contributed by atoms with Crippen LogP contribution in [0.25, 0.3) is 10.7 Å². The van der Waals surface area contributed by atoms with Crippen molar-refractivity contribution in [2.24, 2.45) is 0 Å². The number of carbonyl (C=O) groups excluding carboxylic acids is 2. The third-order valence-corrected chi connectivity index (χ3v) is 4.75. The number of ether oxygens (including phenoxy) is 2. The minimum absolute atomic E-state index is 0.155. The zero-order chi connectivity index (χ0) is 18.6. The van der Waals surface area contributed by atoms with Gasteiger partial charge in [-0.1, -0.05) is 23.4 Å². The molecule has 2 aromatic heterocycles. The summed E-state index contributed by atoms with van der Waals surface area (Å²) in [7, 11) is 0. The van der Waals surface area contributed by atoms with E-state index in [2.05, 4.69) is 10.1 Å². The van der Waals surface area contributed by atoms with Crippen molar-refractivity contribution in [1.29, 1.82) is 0 Å². The summed E-state index contributed by atoms with van der Waals surface area (Å²) in [6, 6.07) is 10.8. The van der Waals surface area contributed by atoms with Gasteiger partial charge in [0.25, 0.3) is 5.89 Å². The van der Waals surface area contributed by atoms with E-state index in [0.29, 0.717) is 17.3 Å². The van der Waals surface area contributed by atoms with Crippen LogP contribution in [0.5, 0.6) is 5.75 Å². The number of hydrogen-bond acceptors (Lipinski definition) is 8. The summed E-state index contributed by atoms with van der Waals surface area (Å²) in [5, 5.41) is 5.77. The summed E-state index contributed by atoms with van der Waals surface area (Å²) < 4.78 is 15.8. The molecule has 138 valence electrons. The molecule has 0 spiro atoms. The van der Waals surface area contributed by atoms with Gasteiger partial charge in [0.15, 0.2) is 6.61 Å². The van der Waals surface area contributed by atoms with E-state index in [1.165, 1.54) is 16.2 Å². The van der Waals surface area contributed by atoms with E-state index in [0.717, 1.165) is 4.88 Å². The molecule has 1 aliphatic heterocycles. The molecule has 0 bridgehead atoms. The van der Waals surface area contributed by atoms with E-state index in [-0.39, 0.29) is 38.0 Å². The highest BCUT2D eigenvalue weighted by Gasteiger charge is 2.25. The summed E-state index contributed by atoms with van der Waals surface area (Å²) in [4.78, 5) is 31.0. The molecule has 0 saturated heterocycles. The van der Waals surface area contributed by atoms with E-state index in [1.807, 2.05) is 23.6 Å². The molecule has 1 aromatic carbocycles. The number of esters is 1. The third kappa shape index (κ3) is 3.82. The van der Waals surface area contributed by atoms with Crippen LogP contribution in [0.2, 0.25) is 0 Å². The van der Waals surface area contributed by atoms with Gasteiger partial charge in [-0.2, -0.15) is 4.98 Å². The molecule has 0 atom stereocenters. The number of aromatic nitrogens is 2. The molecule has 3 aromatic rings. The van der Waals surface area contributed by atoms with Crippen LogP contribution >= 0.6 is 11.3 Å². The standard InChI is InChI=1S/C18H15N3O5S/c22-16-7-8-24-13-5-2-1-4-12(13)21(16)10-17(23)25-11-15-19-18(20-26-15)14-6-3-9-27-14/h1-6,9H,7-8,10-11H2. The Morgan fingerprint density at radius 2 is 2.15 bits per heavy atom. The van der Waals surface area contributed by atoms with Crippen molar-refractivity contribution in [1.82, 2.24) is 10.1 Å². The third-order valence-electron chi connectivity index (χ3n) is 3.88. The predicted octanol–water partition coefficient (Wildman–Crippen LogP) is 2.66. The van der Waals surface area contributed by atoms with Gasteiger partial charge in [0.05, 0.1) is 23.6 Å². The van der Waals surface area contributed by atoms with Crippen LogP contribution in [0.3, 0.4) is 0 Å². The average Bonchev–Trinajstić information content (AvgIpc) is 3.34. The normalized spacial score (nSPS) is 13.6. The Hall–Kier alpha value is -3.20. The Labute approximate surface area is 158 Å². The number of hydrogen-bond donors (Lipinski definition) is 0. The maximum atomic E-state index is 12.3. The Morgan fingerprint density at radius 3 is 3.00 bits per heavy atom. The van der Waals surface area contributed by atoms with E-state index in [4.69, 9.17) is 14.0 Å². The number of amides is 1. The van der Waals surface area contributed by atoms with Crippen LogP contribution in [0, 0.1) is 0 Å². The predicted molar refractivity (Wildman–Crippen MR) is 96.3 cm³/mol. The molecule has 0 fully saturated rings. The van der Waals surface area contributed by atoms with E-state index >= 15 is 0 Å². The van der Waals surface area contributed by atoms with Gasteiger partial charge in [0, 0.05) is 0 Å². The molecule has 0 unspecified atom stereocenters. The fourth-order valence-corrected chi connectivity index (χ4v) is 3.28. The van der Waals surface area contributed by atoms with Crippen molar-refractivity contribution in [2.45, 2.75) is 13.0 Å². The largest absolute Gasteiger partial charge is 0.491 e. The summed E-state index contributed by atoms with van der Waals surface area (Å²) in [6.45, 7) is -0.0998. The lowest BCUT2D eigenvalue weighted by Gasteiger charge is -2.20. The first-order chi connectivity index (χ1) is 13.2. The monoisotopic (exact) mass is 385 g/mol. The summed E-state index contributed by atoms with van der Waals surface area (Å²) in [6.07, 6.45) is 0.190. The molecule has 8 nitrogen and oxygen atoms in total. The smallest absolute Gasteiger partial charge is 0.326 e. The second-order valence-corrected chi connectivity index (χ2v) is 6.64. The molecule has 0 saturated carbocycles. The quantitative estimate of drug-likeness (QED) is 0.623. The molecule has 27 heavy (non-hydrogen) atoms. The Kier molecular flexibility index (Phi) is 4.84. The van der Waals surface area contributed by atoms with Crippen LogP contribution in [0.4, 0.5) is 5.69 Å². The molecule has 0 aliphatic carbocycles. The molecule has 0 radical (unpaired) electrons. The number of fused-ring (bicyclic) bond motifs is 1. The maximum Gasteiger partial charge on any atom is 0.326 e. The first-order valence-corrected chi connectivity index (χ1v) is 9.13. The number of para-hydroxylation sites is 2. The number of carbonyl (C=O) groups is 2. The van der Waals surface area contributed by atoms with Gasteiger partial charge < -0.3 is 14.0 Å². The molecule has 1 aliphatic rings. The molecule has 4 rings (SSSR count). The van der Waals surface area contributed by atoms with E-state index in [1.54, 1.807) is 18.2 Å². The molecular formula is C18H15N3O5S. The zero-order valence-corrected chi connectivity index (χ0v) is 15.0. The summed E-state index contributed by atoms with van der Waals surface area (Å²) >= 11 is 1.48. The number of rotatable bonds is 5. The van der Waals surface area contributed by atoms with Crippen LogP contribution in [0.15, 0.2) is 46.3 Å². The second kappa shape index (κ2) is 7.58. The minimum Gasteiger partial charge on any atom is -0.491 e. The Balaban J connectivity index is 1.40. The van der Waals surface area contributed by atoms with E-state index < -0.39 is 5.97 Å². The highest BCUT2D eigenvalue weighted by molar-refractivity contribution is 7.13. The number of benzene rings is 1. The Morgan fingerprint density at radius 1 is 1.26 bits per heavy atom. The molecular weight excluding hydrogens is 370 g/mol. The Bertz CT molecular complexity index is 954. The van der Waals surface area contributed by atoms with Gasteiger partial charge >= 0.3 is 5.97 Å². The first kappa shape index (κ1) is 17.2. The van der Waals surface area contributed by atoms with Gasteiger partial charge in [-0.05, 0) is 23.6 Å². The fraction of sp³-hybridized carbons (Fsp3) is 0.222. The average molecular weight is 385 g/mol. The highest BCUT2D eigenvalue weighted by atomic mass is 32.1.